The normalized spacial score (nSPS) is 12.0. The maximum absolute atomic E-state index is 14.3. The van der Waals surface area contributed by atoms with Crippen molar-refractivity contribution in [2.75, 3.05) is 11.4 Å². The lowest BCUT2D eigenvalue weighted by atomic mass is 10.2. The molecular weight excluding hydrogens is 402 g/mol. The molecule has 2 aromatic carbocycles. The monoisotopic (exact) mass is 414 g/mol. The Hall–Kier alpha value is -2.03. The molecular formula is C17H13ClF2N2O2S2. The van der Waals surface area contributed by atoms with Crippen molar-refractivity contribution in [3.05, 3.63) is 69.5 Å². The van der Waals surface area contributed by atoms with E-state index in [2.05, 4.69) is 4.98 Å². The van der Waals surface area contributed by atoms with Gasteiger partial charge in [-0.2, -0.15) is 0 Å². The Labute approximate surface area is 160 Å². The summed E-state index contributed by atoms with van der Waals surface area (Å²) in [4.78, 5) is 3.95. The van der Waals surface area contributed by atoms with E-state index in [-0.39, 0.29) is 11.4 Å². The molecule has 0 saturated heterocycles. The average Bonchev–Trinajstić information content (AvgIpc) is 3.19. The highest BCUT2D eigenvalue weighted by Gasteiger charge is 2.24. The predicted octanol–water partition coefficient (Wildman–Crippen LogP) is 4.81. The van der Waals surface area contributed by atoms with Crippen molar-refractivity contribution >= 4 is 39.7 Å². The number of hydrogen-bond acceptors (Lipinski definition) is 4. The van der Waals surface area contributed by atoms with Gasteiger partial charge in [-0.1, -0.05) is 23.7 Å². The van der Waals surface area contributed by atoms with E-state index in [9.17, 15) is 13.0 Å². The molecule has 0 aliphatic rings. The van der Waals surface area contributed by atoms with Crippen molar-refractivity contribution < 1.29 is 17.7 Å². The first-order valence-corrected chi connectivity index (χ1v) is 9.78. The molecule has 0 fully saturated rings. The van der Waals surface area contributed by atoms with Gasteiger partial charge in [0.25, 0.3) is 0 Å². The van der Waals surface area contributed by atoms with Crippen LogP contribution < -0.4 is 9.04 Å². The zero-order valence-electron chi connectivity index (χ0n) is 13.5. The molecule has 0 amide bonds. The van der Waals surface area contributed by atoms with Crippen LogP contribution in [0.2, 0.25) is 5.02 Å². The second-order valence-electron chi connectivity index (χ2n) is 5.15. The molecule has 9 heteroatoms. The van der Waals surface area contributed by atoms with Crippen molar-refractivity contribution in [3.63, 3.8) is 0 Å². The molecule has 1 atom stereocenters. The Bertz CT molecular complexity index is 921. The molecule has 0 saturated carbocycles. The van der Waals surface area contributed by atoms with E-state index in [0.717, 1.165) is 17.7 Å². The molecule has 1 aromatic heterocycles. The summed E-state index contributed by atoms with van der Waals surface area (Å²) in [6.45, 7) is 0.203. The fraction of sp³-hybridized carbons (Fsp3) is 0.118. The van der Waals surface area contributed by atoms with Crippen LogP contribution in [0.15, 0.2) is 52.2 Å². The molecule has 0 aliphatic carbocycles. The molecule has 0 spiro atoms. The highest BCUT2D eigenvalue weighted by molar-refractivity contribution is 7.86. The van der Waals surface area contributed by atoms with Crippen molar-refractivity contribution in [1.29, 1.82) is 0 Å². The lowest BCUT2D eigenvalue weighted by Crippen LogP contribution is -2.26. The van der Waals surface area contributed by atoms with E-state index < -0.39 is 27.6 Å². The van der Waals surface area contributed by atoms with Crippen molar-refractivity contribution in [1.82, 2.24) is 4.98 Å². The summed E-state index contributed by atoms with van der Waals surface area (Å²) in [5.41, 5.74) is 2.41. The first-order valence-electron chi connectivity index (χ1n) is 7.35. The second kappa shape index (κ2) is 8.11. The van der Waals surface area contributed by atoms with Crippen LogP contribution in [0.4, 0.5) is 14.6 Å². The van der Waals surface area contributed by atoms with Gasteiger partial charge in [0.1, 0.15) is 16.6 Å². The first kappa shape index (κ1) is 18.8. The van der Waals surface area contributed by atoms with Gasteiger partial charge in [-0.05, 0) is 29.8 Å². The largest absolute Gasteiger partial charge is 0.497 e. The highest BCUT2D eigenvalue weighted by Crippen LogP contribution is 2.29. The van der Waals surface area contributed by atoms with Gasteiger partial charge in [0, 0.05) is 5.38 Å². The van der Waals surface area contributed by atoms with Crippen LogP contribution in [0.3, 0.4) is 0 Å². The third kappa shape index (κ3) is 3.87. The van der Waals surface area contributed by atoms with Crippen LogP contribution in [0.1, 0.15) is 5.56 Å². The van der Waals surface area contributed by atoms with Crippen LogP contribution in [-0.2, 0) is 17.5 Å². The van der Waals surface area contributed by atoms with Gasteiger partial charge in [0.2, 0.25) is 0 Å². The van der Waals surface area contributed by atoms with Gasteiger partial charge in [-0.3, -0.25) is 4.31 Å². The fourth-order valence-corrected chi connectivity index (χ4v) is 4.25. The third-order valence-electron chi connectivity index (χ3n) is 3.55. The van der Waals surface area contributed by atoms with Crippen molar-refractivity contribution in [2.24, 2.45) is 0 Å². The number of thiazole rings is 1. The molecule has 3 rings (SSSR count). The third-order valence-corrected chi connectivity index (χ3v) is 5.88. The van der Waals surface area contributed by atoms with Gasteiger partial charge in [-0.15, -0.1) is 11.3 Å². The number of nitrogens with zero attached hydrogens (tertiary/aromatic N) is 2. The van der Waals surface area contributed by atoms with E-state index in [1.807, 2.05) is 12.1 Å². The number of halogens is 3. The maximum Gasteiger partial charge on any atom is 0.162 e. The predicted molar refractivity (Wildman–Crippen MR) is 99.1 cm³/mol. The highest BCUT2D eigenvalue weighted by atomic mass is 35.5. The van der Waals surface area contributed by atoms with Crippen LogP contribution in [0.25, 0.3) is 0 Å². The molecule has 1 unspecified atom stereocenters. The van der Waals surface area contributed by atoms with Gasteiger partial charge in [-0.25, -0.2) is 18.0 Å². The van der Waals surface area contributed by atoms with E-state index in [1.54, 1.807) is 30.1 Å². The molecule has 0 radical (unpaired) electrons. The number of ether oxygens (including phenoxy) is 1. The molecule has 1 heterocycles. The smallest absolute Gasteiger partial charge is 0.162 e. The molecule has 0 bridgehead atoms. The van der Waals surface area contributed by atoms with Gasteiger partial charge >= 0.3 is 0 Å². The number of methoxy groups -OCH3 is 1. The maximum atomic E-state index is 14.3. The molecule has 136 valence electrons. The summed E-state index contributed by atoms with van der Waals surface area (Å²) in [7, 11) is -0.406. The summed E-state index contributed by atoms with van der Waals surface area (Å²) < 4.78 is 47.3. The Morgan fingerprint density at radius 3 is 2.58 bits per heavy atom. The lowest BCUT2D eigenvalue weighted by Gasteiger charge is -2.21. The summed E-state index contributed by atoms with van der Waals surface area (Å²) in [5, 5.41) is 1.02. The summed E-state index contributed by atoms with van der Waals surface area (Å²) >= 11 is 6.94. The number of hydrogen-bond donors (Lipinski definition) is 0. The number of rotatable bonds is 6. The number of aromatic nitrogens is 1. The number of anilines is 1. The van der Waals surface area contributed by atoms with Crippen LogP contribution in [-0.4, -0.2) is 16.3 Å². The minimum atomic E-state index is -1.97. The molecule has 0 aliphatic heterocycles. The summed E-state index contributed by atoms with van der Waals surface area (Å²) in [6, 6.07) is 9.28. The second-order valence-corrected chi connectivity index (χ2v) is 7.63. The van der Waals surface area contributed by atoms with Crippen LogP contribution >= 0.6 is 22.9 Å². The minimum Gasteiger partial charge on any atom is -0.497 e. The molecule has 26 heavy (non-hydrogen) atoms. The quantitative estimate of drug-likeness (QED) is 0.543. The standard InChI is InChI=1S/C17H13ClF2N2O2S2/c1-24-12-4-2-11(3-5-12)8-22(15-9-25-10-21-15)26(23)14-7-6-13(19)16(18)17(14)20/h2-7,9-10H,8H2,1H3. The van der Waals surface area contributed by atoms with Crippen LogP contribution in [0.5, 0.6) is 5.75 Å². The van der Waals surface area contributed by atoms with Crippen molar-refractivity contribution in [2.45, 2.75) is 11.4 Å². The van der Waals surface area contributed by atoms with Gasteiger partial charge in [0.05, 0.1) is 24.1 Å². The first-order chi connectivity index (χ1) is 12.5. The fourth-order valence-electron chi connectivity index (χ4n) is 2.21. The van der Waals surface area contributed by atoms with Gasteiger partial charge < -0.3 is 4.74 Å². The lowest BCUT2D eigenvalue weighted by molar-refractivity contribution is 0.414. The summed E-state index contributed by atoms with van der Waals surface area (Å²) in [6.07, 6.45) is 0. The van der Waals surface area contributed by atoms with E-state index in [1.165, 1.54) is 15.6 Å². The summed E-state index contributed by atoms with van der Waals surface area (Å²) in [5.74, 6) is -0.837. The van der Waals surface area contributed by atoms with Crippen LogP contribution in [0, 0.1) is 11.6 Å². The van der Waals surface area contributed by atoms with E-state index in [4.69, 9.17) is 16.3 Å². The van der Waals surface area contributed by atoms with Gasteiger partial charge in [0.15, 0.2) is 22.6 Å². The topological polar surface area (TPSA) is 42.4 Å². The number of benzene rings is 2. The minimum absolute atomic E-state index is 0.203. The molecule has 0 N–H and O–H groups in total. The Kier molecular flexibility index (Phi) is 5.85. The molecule has 4 nitrogen and oxygen atoms in total. The Morgan fingerprint density at radius 1 is 1.23 bits per heavy atom. The van der Waals surface area contributed by atoms with Crippen molar-refractivity contribution in [3.8, 4) is 5.75 Å². The zero-order valence-corrected chi connectivity index (χ0v) is 15.9. The van der Waals surface area contributed by atoms with E-state index in [0.29, 0.717) is 11.6 Å². The zero-order chi connectivity index (χ0) is 18.7. The average molecular weight is 415 g/mol. The SMILES string of the molecule is COc1ccc(CN(c2cscn2)S(=O)c2ccc(F)c(Cl)c2F)cc1. The molecule has 3 aromatic rings. The van der Waals surface area contributed by atoms with E-state index >= 15 is 0 Å². The Morgan fingerprint density at radius 2 is 1.96 bits per heavy atom. The Balaban J connectivity index is 1.96.